The fourth-order valence-corrected chi connectivity index (χ4v) is 2.65. The van der Waals surface area contributed by atoms with Crippen LogP contribution in [0.5, 0.6) is 5.75 Å². The number of rotatable bonds is 7. The molecule has 0 unspecified atom stereocenters. The van der Waals surface area contributed by atoms with Crippen molar-refractivity contribution in [2.45, 2.75) is 26.8 Å². The van der Waals surface area contributed by atoms with Gasteiger partial charge >= 0.3 is 0 Å². The molecule has 2 aromatic rings. The van der Waals surface area contributed by atoms with E-state index >= 15 is 0 Å². The van der Waals surface area contributed by atoms with Crippen molar-refractivity contribution in [2.75, 3.05) is 11.9 Å². The van der Waals surface area contributed by atoms with Gasteiger partial charge in [-0.1, -0.05) is 49.7 Å². The van der Waals surface area contributed by atoms with E-state index in [1.165, 1.54) is 0 Å². The van der Waals surface area contributed by atoms with Crippen LogP contribution < -0.4 is 15.4 Å². The number of halogens is 1. The van der Waals surface area contributed by atoms with Crippen LogP contribution in [0.2, 0.25) is 5.02 Å². The molecule has 0 aromatic heterocycles. The van der Waals surface area contributed by atoms with E-state index in [-0.39, 0.29) is 17.7 Å². The minimum atomic E-state index is -0.714. The van der Waals surface area contributed by atoms with Gasteiger partial charge in [-0.15, -0.1) is 0 Å². The fraction of sp³-hybridized carbons (Fsp3) is 0.300. The summed E-state index contributed by atoms with van der Waals surface area (Å²) in [6.45, 7) is 6.03. The molecule has 138 valence electrons. The molecule has 0 heterocycles. The number of carbonyl (C=O) groups excluding carboxylic acids is 2. The minimum Gasteiger partial charge on any atom is -0.493 e. The Labute approximate surface area is 158 Å². The van der Waals surface area contributed by atoms with Crippen molar-refractivity contribution < 1.29 is 14.3 Å². The number of carbonyl (C=O) groups is 2. The highest BCUT2D eigenvalue weighted by Crippen LogP contribution is 2.22. The maximum Gasteiger partial charge on any atom is 0.255 e. The molecule has 2 N–H and O–H groups in total. The molecule has 2 amide bonds. The lowest BCUT2D eigenvalue weighted by Crippen LogP contribution is -2.47. The second kappa shape index (κ2) is 9.25. The van der Waals surface area contributed by atoms with Gasteiger partial charge in [0.2, 0.25) is 5.91 Å². The van der Waals surface area contributed by atoms with Gasteiger partial charge < -0.3 is 15.4 Å². The Bertz CT molecular complexity index is 777. The number of para-hydroxylation sites is 2. The van der Waals surface area contributed by atoms with Crippen LogP contribution in [0.3, 0.4) is 0 Å². The first-order valence-corrected chi connectivity index (χ1v) is 8.90. The molecule has 0 bridgehead atoms. The maximum atomic E-state index is 12.7. The summed E-state index contributed by atoms with van der Waals surface area (Å²) in [6.07, 6.45) is 0. The molecule has 2 aromatic carbocycles. The average Bonchev–Trinajstić information content (AvgIpc) is 2.61. The van der Waals surface area contributed by atoms with E-state index in [1.807, 2.05) is 20.8 Å². The van der Waals surface area contributed by atoms with E-state index in [1.54, 1.807) is 48.5 Å². The van der Waals surface area contributed by atoms with Crippen LogP contribution in [0, 0.1) is 5.92 Å². The van der Waals surface area contributed by atoms with Gasteiger partial charge in [0.15, 0.2) is 0 Å². The van der Waals surface area contributed by atoms with Crippen LogP contribution in [-0.2, 0) is 4.79 Å². The third kappa shape index (κ3) is 4.99. The zero-order chi connectivity index (χ0) is 19.1. The molecule has 1 atom stereocenters. The first-order chi connectivity index (χ1) is 12.4. The summed E-state index contributed by atoms with van der Waals surface area (Å²) in [4.78, 5) is 25.3. The van der Waals surface area contributed by atoms with Crippen molar-refractivity contribution in [3.05, 3.63) is 59.1 Å². The molecule has 0 fully saturated rings. The zero-order valence-electron chi connectivity index (χ0n) is 15.1. The number of ether oxygens (including phenoxy) is 1. The van der Waals surface area contributed by atoms with Crippen molar-refractivity contribution in [3.63, 3.8) is 0 Å². The van der Waals surface area contributed by atoms with E-state index in [0.29, 0.717) is 28.6 Å². The number of anilines is 1. The lowest BCUT2D eigenvalue weighted by molar-refractivity contribution is -0.118. The summed E-state index contributed by atoms with van der Waals surface area (Å²) in [5.41, 5.74) is 0.902. The predicted octanol–water partition coefficient (Wildman–Crippen LogP) is 4.13. The topological polar surface area (TPSA) is 67.4 Å². The van der Waals surface area contributed by atoms with Crippen molar-refractivity contribution >= 4 is 29.1 Å². The maximum absolute atomic E-state index is 12.7. The highest BCUT2D eigenvalue weighted by molar-refractivity contribution is 6.33. The molecule has 6 heteroatoms. The summed E-state index contributed by atoms with van der Waals surface area (Å²) in [7, 11) is 0. The van der Waals surface area contributed by atoms with Crippen molar-refractivity contribution in [1.29, 1.82) is 0 Å². The SMILES string of the molecule is CCOc1ccccc1C(=O)N[C@H](C(=O)Nc1ccccc1Cl)C(C)C. The molecule has 5 nitrogen and oxygen atoms in total. The van der Waals surface area contributed by atoms with Gasteiger partial charge in [-0.2, -0.15) is 0 Å². The Balaban J connectivity index is 2.16. The van der Waals surface area contributed by atoms with Gasteiger partial charge in [-0.3, -0.25) is 9.59 Å². The number of amides is 2. The Morgan fingerprint density at radius 3 is 2.38 bits per heavy atom. The lowest BCUT2D eigenvalue weighted by atomic mass is 10.0. The summed E-state index contributed by atoms with van der Waals surface area (Å²) < 4.78 is 5.49. The van der Waals surface area contributed by atoms with E-state index in [4.69, 9.17) is 16.3 Å². The lowest BCUT2D eigenvalue weighted by Gasteiger charge is -2.22. The van der Waals surface area contributed by atoms with E-state index in [9.17, 15) is 9.59 Å². The second-order valence-electron chi connectivity index (χ2n) is 6.09. The van der Waals surface area contributed by atoms with Crippen molar-refractivity contribution in [1.82, 2.24) is 5.32 Å². The number of nitrogens with one attached hydrogen (secondary N) is 2. The summed E-state index contributed by atoms with van der Waals surface area (Å²) >= 11 is 6.09. The Morgan fingerprint density at radius 1 is 1.08 bits per heavy atom. The Morgan fingerprint density at radius 2 is 1.73 bits per heavy atom. The third-order valence-electron chi connectivity index (χ3n) is 3.80. The van der Waals surface area contributed by atoms with E-state index < -0.39 is 6.04 Å². The van der Waals surface area contributed by atoms with Crippen molar-refractivity contribution in [2.24, 2.45) is 5.92 Å². The van der Waals surface area contributed by atoms with Crippen molar-refractivity contribution in [3.8, 4) is 5.75 Å². The summed E-state index contributed by atoms with van der Waals surface area (Å²) in [5.74, 6) is -0.306. The molecular weight excluding hydrogens is 352 g/mol. The molecule has 0 radical (unpaired) electrons. The molecule has 0 spiro atoms. The van der Waals surface area contributed by atoms with Gasteiger partial charge in [-0.05, 0) is 37.1 Å². The zero-order valence-corrected chi connectivity index (χ0v) is 15.8. The van der Waals surface area contributed by atoms with Gasteiger partial charge in [0.05, 0.1) is 22.9 Å². The first-order valence-electron chi connectivity index (χ1n) is 8.52. The third-order valence-corrected chi connectivity index (χ3v) is 4.13. The average molecular weight is 375 g/mol. The van der Waals surface area contributed by atoms with Crippen LogP contribution in [0.4, 0.5) is 5.69 Å². The van der Waals surface area contributed by atoms with E-state index in [0.717, 1.165) is 0 Å². The fourth-order valence-electron chi connectivity index (χ4n) is 2.46. The van der Waals surface area contributed by atoms with Crippen LogP contribution in [0.15, 0.2) is 48.5 Å². The normalized spacial score (nSPS) is 11.7. The molecule has 0 aliphatic heterocycles. The second-order valence-corrected chi connectivity index (χ2v) is 6.50. The summed E-state index contributed by atoms with van der Waals surface area (Å²) in [6, 6.07) is 13.2. The molecule has 26 heavy (non-hydrogen) atoms. The quantitative estimate of drug-likeness (QED) is 0.765. The monoisotopic (exact) mass is 374 g/mol. The highest BCUT2D eigenvalue weighted by Gasteiger charge is 2.26. The van der Waals surface area contributed by atoms with E-state index in [2.05, 4.69) is 10.6 Å². The van der Waals surface area contributed by atoms with Crippen LogP contribution >= 0.6 is 11.6 Å². The first kappa shape index (κ1) is 19.8. The van der Waals surface area contributed by atoms with Crippen LogP contribution in [0.25, 0.3) is 0 Å². The summed E-state index contributed by atoms with van der Waals surface area (Å²) in [5, 5.41) is 6.01. The molecule has 0 saturated carbocycles. The molecule has 0 saturated heterocycles. The Hall–Kier alpha value is -2.53. The van der Waals surface area contributed by atoms with Gasteiger partial charge in [0.1, 0.15) is 11.8 Å². The molecular formula is C20H23ClN2O3. The molecule has 0 aliphatic rings. The largest absolute Gasteiger partial charge is 0.493 e. The molecule has 2 rings (SSSR count). The standard InChI is InChI=1S/C20H23ClN2O3/c1-4-26-17-12-8-5-9-14(17)19(24)23-18(13(2)3)20(25)22-16-11-7-6-10-15(16)21/h5-13,18H,4H2,1-3H3,(H,22,25)(H,23,24)/t18-/m0/s1. The van der Waals surface area contributed by atoms with Crippen LogP contribution in [0.1, 0.15) is 31.1 Å². The smallest absolute Gasteiger partial charge is 0.255 e. The number of hydrogen-bond acceptors (Lipinski definition) is 3. The van der Waals surface area contributed by atoms with Gasteiger partial charge in [0, 0.05) is 0 Å². The molecule has 0 aliphatic carbocycles. The number of benzene rings is 2. The van der Waals surface area contributed by atoms with Gasteiger partial charge in [-0.25, -0.2) is 0 Å². The minimum absolute atomic E-state index is 0.110. The highest BCUT2D eigenvalue weighted by atomic mass is 35.5. The number of hydrogen-bond donors (Lipinski definition) is 2. The predicted molar refractivity (Wildman–Crippen MR) is 104 cm³/mol. The van der Waals surface area contributed by atoms with Gasteiger partial charge in [0.25, 0.3) is 5.91 Å². The van der Waals surface area contributed by atoms with Crippen LogP contribution in [-0.4, -0.2) is 24.5 Å². The Kier molecular flexibility index (Phi) is 7.04.